The van der Waals surface area contributed by atoms with Crippen LogP contribution in [-0.2, 0) is 11.3 Å². The van der Waals surface area contributed by atoms with Crippen molar-refractivity contribution in [3.63, 3.8) is 0 Å². The Balaban J connectivity index is 1.60. The maximum atomic E-state index is 14.9. The third-order valence-electron chi connectivity index (χ3n) is 6.22. The minimum Gasteiger partial charge on any atom is -0.377 e. The summed E-state index contributed by atoms with van der Waals surface area (Å²) in [6, 6.07) is 12.9. The van der Waals surface area contributed by atoms with Gasteiger partial charge in [0, 0.05) is 44.0 Å². The summed E-state index contributed by atoms with van der Waals surface area (Å²) >= 11 is 0. The topological polar surface area (TPSA) is 36.0 Å². The summed E-state index contributed by atoms with van der Waals surface area (Å²) in [6.45, 7) is 5.12. The van der Waals surface area contributed by atoms with E-state index in [9.17, 15) is 9.18 Å². The van der Waals surface area contributed by atoms with Crippen LogP contribution in [-0.4, -0.2) is 57.7 Å². The maximum Gasteiger partial charge on any atom is 0.258 e. The zero-order chi connectivity index (χ0) is 23.1. The van der Waals surface area contributed by atoms with E-state index in [1.165, 1.54) is 23.8 Å². The van der Waals surface area contributed by atoms with Gasteiger partial charge in [-0.25, -0.2) is 4.39 Å². The number of likely N-dealkylation sites (N-methyl/N-ethyl adjacent to an activating group) is 1. The fourth-order valence-corrected chi connectivity index (χ4v) is 4.04. The summed E-state index contributed by atoms with van der Waals surface area (Å²) in [6.07, 6.45) is 4.44. The molecule has 0 bridgehead atoms. The van der Waals surface area contributed by atoms with Gasteiger partial charge >= 0.3 is 0 Å². The molecule has 1 aliphatic heterocycles. The van der Waals surface area contributed by atoms with Crippen LogP contribution in [0, 0.1) is 5.82 Å². The van der Waals surface area contributed by atoms with Crippen molar-refractivity contribution >= 4 is 17.3 Å². The molecule has 1 aliphatic rings. The SMILES string of the molecule is CCCCCOCc1ccc(C(=O)N(C)c2ccc(N3CCC(N(C)C)C3)c(F)c2)cc1. The van der Waals surface area contributed by atoms with Crippen LogP contribution in [0.3, 0.4) is 0 Å². The molecule has 1 amide bonds. The number of nitrogens with zero attached hydrogens (tertiary/aromatic N) is 3. The minimum atomic E-state index is -0.294. The highest BCUT2D eigenvalue weighted by atomic mass is 19.1. The zero-order valence-electron chi connectivity index (χ0n) is 19.8. The molecule has 0 N–H and O–H groups in total. The van der Waals surface area contributed by atoms with Gasteiger partial charge in [0.2, 0.25) is 0 Å². The average Bonchev–Trinajstić information content (AvgIpc) is 3.29. The van der Waals surface area contributed by atoms with Crippen LogP contribution in [0.15, 0.2) is 42.5 Å². The number of ether oxygens (including phenoxy) is 1. The molecular formula is C26H36FN3O2. The number of hydrogen-bond acceptors (Lipinski definition) is 4. The first-order valence-electron chi connectivity index (χ1n) is 11.6. The summed E-state index contributed by atoms with van der Waals surface area (Å²) in [5.74, 6) is -0.460. The number of hydrogen-bond donors (Lipinski definition) is 0. The standard InChI is InChI=1S/C26H36FN3O2/c1-5-6-7-16-32-19-20-8-10-21(11-9-20)26(31)29(4)22-12-13-25(24(27)17-22)30-15-14-23(18-30)28(2)3/h8-13,17,23H,5-7,14-16,18-19H2,1-4H3. The van der Waals surface area contributed by atoms with Gasteiger partial charge in [0.15, 0.2) is 0 Å². The first kappa shape index (κ1) is 24.2. The molecule has 1 fully saturated rings. The van der Waals surface area contributed by atoms with E-state index < -0.39 is 0 Å². The number of benzene rings is 2. The van der Waals surface area contributed by atoms with Crippen LogP contribution in [0.1, 0.15) is 48.5 Å². The molecule has 0 saturated carbocycles. The van der Waals surface area contributed by atoms with Crippen LogP contribution < -0.4 is 9.80 Å². The molecule has 1 heterocycles. The Labute approximate surface area is 191 Å². The van der Waals surface area contributed by atoms with Gasteiger partial charge in [0.25, 0.3) is 5.91 Å². The second kappa shape index (κ2) is 11.4. The molecule has 0 aliphatic carbocycles. The van der Waals surface area contributed by atoms with Crippen molar-refractivity contribution in [3.05, 3.63) is 59.4 Å². The van der Waals surface area contributed by atoms with Crippen molar-refractivity contribution in [1.29, 1.82) is 0 Å². The van der Waals surface area contributed by atoms with E-state index in [2.05, 4.69) is 30.8 Å². The molecule has 1 unspecified atom stereocenters. The molecule has 6 heteroatoms. The molecule has 0 spiro atoms. The predicted octanol–water partition coefficient (Wildman–Crippen LogP) is 4.95. The molecule has 174 valence electrons. The summed E-state index contributed by atoms with van der Waals surface area (Å²) < 4.78 is 20.6. The van der Waals surface area contributed by atoms with Crippen molar-refractivity contribution in [2.75, 3.05) is 50.6 Å². The van der Waals surface area contributed by atoms with Gasteiger partial charge in [-0.05, 0) is 62.8 Å². The van der Waals surface area contributed by atoms with Gasteiger partial charge in [-0.3, -0.25) is 4.79 Å². The van der Waals surface area contributed by atoms with E-state index in [1.54, 1.807) is 25.2 Å². The average molecular weight is 442 g/mol. The lowest BCUT2D eigenvalue weighted by Crippen LogP contribution is -2.31. The number of amides is 1. The fraction of sp³-hybridized carbons (Fsp3) is 0.500. The van der Waals surface area contributed by atoms with Gasteiger partial charge in [-0.15, -0.1) is 0 Å². The van der Waals surface area contributed by atoms with Crippen molar-refractivity contribution in [1.82, 2.24) is 4.90 Å². The number of unbranched alkanes of at least 4 members (excludes halogenated alkanes) is 2. The van der Waals surface area contributed by atoms with E-state index in [0.717, 1.165) is 38.1 Å². The Morgan fingerprint density at radius 1 is 1.12 bits per heavy atom. The van der Waals surface area contributed by atoms with E-state index in [-0.39, 0.29) is 11.7 Å². The Bertz CT molecular complexity index is 885. The Kier molecular flexibility index (Phi) is 8.65. The van der Waals surface area contributed by atoms with Crippen molar-refractivity contribution in [3.8, 4) is 0 Å². The fourth-order valence-electron chi connectivity index (χ4n) is 4.04. The molecule has 1 atom stereocenters. The molecule has 0 radical (unpaired) electrons. The van der Waals surface area contributed by atoms with Crippen LogP contribution in [0.2, 0.25) is 0 Å². The third kappa shape index (κ3) is 6.08. The second-order valence-corrected chi connectivity index (χ2v) is 8.81. The molecule has 1 saturated heterocycles. The monoisotopic (exact) mass is 441 g/mol. The number of carbonyl (C=O) groups is 1. The minimum absolute atomic E-state index is 0.165. The smallest absolute Gasteiger partial charge is 0.258 e. The van der Waals surface area contributed by atoms with Gasteiger partial charge in [0.05, 0.1) is 12.3 Å². The van der Waals surface area contributed by atoms with E-state index in [4.69, 9.17) is 4.74 Å². The summed E-state index contributed by atoms with van der Waals surface area (Å²) in [5, 5.41) is 0. The molecule has 3 rings (SSSR count). The largest absolute Gasteiger partial charge is 0.377 e. The highest BCUT2D eigenvalue weighted by molar-refractivity contribution is 6.05. The lowest BCUT2D eigenvalue weighted by Gasteiger charge is -2.23. The number of rotatable bonds is 10. The second-order valence-electron chi connectivity index (χ2n) is 8.81. The summed E-state index contributed by atoms with van der Waals surface area (Å²) in [5.41, 5.74) is 2.75. The molecular weight excluding hydrogens is 405 g/mol. The Morgan fingerprint density at radius 3 is 2.50 bits per heavy atom. The normalized spacial score (nSPS) is 16.1. The van der Waals surface area contributed by atoms with Crippen LogP contribution in [0.5, 0.6) is 0 Å². The van der Waals surface area contributed by atoms with Crippen LogP contribution in [0.4, 0.5) is 15.8 Å². The van der Waals surface area contributed by atoms with E-state index in [0.29, 0.717) is 29.6 Å². The first-order chi connectivity index (χ1) is 15.4. The van der Waals surface area contributed by atoms with Gasteiger partial charge in [0.1, 0.15) is 5.82 Å². The van der Waals surface area contributed by atoms with Crippen LogP contribution >= 0.6 is 0 Å². The van der Waals surface area contributed by atoms with Crippen molar-refractivity contribution in [2.45, 2.75) is 45.3 Å². The quantitative estimate of drug-likeness (QED) is 0.489. The lowest BCUT2D eigenvalue weighted by molar-refractivity contribution is 0.0992. The number of halogens is 1. The van der Waals surface area contributed by atoms with Crippen LogP contribution in [0.25, 0.3) is 0 Å². The van der Waals surface area contributed by atoms with Gasteiger partial charge in [-0.1, -0.05) is 31.9 Å². The third-order valence-corrected chi connectivity index (χ3v) is 6.22. The Morgan fingerprint density at radius 2 is 1.88 bits per heavy atom. The van der Waals surface area contributed by atoms with Crippen molar-refractivity contribution < 1.29 is 13.9 Å². The maximum absolute atomic E-state index is 14.9. The number of anilines is 2. The summed E-state index contributed by atoms with van der Waals surface area (Å²) in [4.78, 5) is 18.7. The molecule has 2 aromatic carbocycles. The Hall–Kier alpha value is -2.44. The first-order valence-corrected chi connectivity index (χ1v) is 11.6. The van der Waals surface area contributed by atoms with E-state index in [1.807, 2.05) is 18.2 Å². The molecule has 0 aromatic heterocycles. The van der Waals surface area contributed by atoms with Gasteiger partial charge < -0.3 is 19.4 Å². The molecule has 5 nitrogen and oxygen atoms in total. The van der Waals surface area contributed by atoms with Gasteiger partial charge in [-0.2, -0.15) is 0 Å². The lowest BCUT2D eigenvalue weighted by atomic mass is 10.1. The summed E-state index contributed by atoms with van der Waals surface area (Å²) in [7, 11) is 5.79. The van der Waals surface area contributed by atoms with Crippen molar-refractivity contribution in [2.24, 2.45) is 0 Å². The predicted molar refractivity (Wildman–Crippen MR) is 129 cm³/mol. The molecule has 2 aromatic rings. The molecule has 32 heavy (non-hydrogen) atoms. The number of carbonyl (C=O) groups excluding carboxylic acids is 1. The zero-order valence-corrected chi connectivity index (χ0v) is 19.8. The van der Waals surface area contributed by atoms with E-state index >= 15 is 0 Å². The highest BCUT2D eigenvalue weighted by Gasteiger charge is 2.26. The highest BCUT2D eigenvalue weighted by Crippen LogP contribution is 2.28.